The number of carbonyl (C=O) groups excluding carboxylic acids is 2. The van der Waals surface area contributed by atoms with Crippen LogP contribution in [0.2, 0.25) is 5.02 Å². The predicted molar refractivity (Wildman–Crippen MR) is 95.3 cm³/mol. The van der Waals surface area contributed by atoms with Crippen LogP contribution in [0.4, 0.5) is 5.69 Å². The quantitative estimate of drug-likeness (QED) is 0.773. The SMILES string of the molecule is C=CCNC(=O)C1CCC(C(=O)Nc2ccc(OC)c(Cl)c2)CC1. The summed E-state index contributed by atoms with van der Waals surface area (Å²) in [6, 6.07) is 5.16. The molecule has 130 valence electrons. The van der Waals surface area contributed by atoms with E-state index >= 15 is 0 Å². The molecule has 0 aromatic heterocycles. The van der Waals surface area contributed by atoms with Gasteiger partial charge in [-0.05, 0) is 43.9 Å². The molecular formula is C18H23ClN2O3. The Hall–Kier alpha value is -2.01. The molecule has 0 bridgehead atoms. The third-order valence-corrected chi connectivity index (χ3v) is 4.60. The molecule has 1 aliphatic rings. The normalized spacial score (nSPS) is 20.1. The van der Waals surface area contributed by atoms with E-state index in [-0.39, 0.29) is 23.7 Å². The van der Waals surface area contributed by atoms with Crippen LogP contribution in [0.1, 0.15) is 25.7 Å². The van der Waals surface area contributed by atoms with Gasteiger partial charge in [0.25, 0.3) is 0 Å². The van der Waals surface area contributed by atoms with Crippen molar-refractivity contribution in [3.05, 3.63) is 35.9 Å². The summed E-state index contributed by atoms with van der Waals surface area (Å²) in [4.78, 5) is 24.3. The molecule has 0 spiro atoms. The Morgan fingerprint density at radius 1 is 1.25 bits per heavy atom. The van der Waals surface area contributed by atoms with E-state index in [0.717, 1.165) is 12.8 Å². The molecule has 2 amide bonds. The largest absolute Gasteiger partial charge is 0.495 e. The highest BCUT2D eigenvalue weighted by molar-refractivity contribution is 6.32. The summed E-state index contributed by atoms with van der Waals surface area (Å²) in [6.07, 6.45) is 4.54. The molecule has 1 aromatic carbocycles. The molecule has 0 unspecified atom stereocenters. The zero-order chi connectivity index (χ0) is 17.5. The van der Waals surface area contributed by atoms with Crippen LogP contribution in [-0.4, -0.2) is 25.5 Å². The fourth-order valence-electron chi connectivity index (χ4n) is 2.92. The third kappa shape index (κ3) is 4.74. The molecular weight excluding hydrogens is 328 g/mol. The topological polar surface area (TPSA) is 67.4 Å². The molecule has 1 saturated carbocycles. The Kier molecular flexibility index (Phi) is 6.67. The first-order chi connectivity index (χ1) is 11.5. The van der Waals surface area contributed by atoms with E-state index in [1.54, 1.807) is 31.4 Å². The van der Waals surface area contributed by atoms with Crippen molar-refractivity contribution in [2.24, 2.45) is 11.8 Å². The van der Waals surface area contributed by atoms with Crippen LogP contribution in [0.5, 0.6) is 5.75 Å². The number of methoxy groups -OCH3 is 1. The minimum absolute atomic E-state index is 0.00979. The number of hydrogen-bond acceptors (Lipinski definition) is 3. The maximum absolute atomic E-state index is 12.4. The summed E-state index contributed by atoms with van der Waals surface area (Å²) >= 11 is 6.07. The number of carbonyl (C=O) groups is 2. The Morgan fingerprint density at radius 3 is 2.42 bits per heavy atom. The van der Waals surface area contributed by atoms with Gasteiger partial charge >= 0.3 is 0 Å². The highest BCUT2D eigenvalue weighted by Crippen LogP contribution is 2.31. The van der Waals surface area contributed by atoms with Crippen molar-refractivity contribution >= 4 is 29.1 Å². The number of hydrogen-bond donors (Lipinski definition) is 2. The summed E-state index contributed by atoms with van der Waals surface area (Å²) in [5, 5.41) is 6.16. The summed E-state index contributed by atoms with van der Waals surface area (Å²) in [6.45, 7) is 4.07. The van der Waals surface area contributed by atoms with E-state index < -0.39 is 0 Å². The lowest BCUT2D eigenvalue weighted by Gasteiger charge is -2.27. The van der Waals surface area contributed by atoms with Crippen molar-refractivity contribution in [3.63, 3.8) is 0 Å². The Labute approximate surface area is 147 Å². The van der Waals surface area contributed by atoms with Crippen molar-refractivity contribution in [1.29, 1.82) is 0 Å². The average molecular weight is 351 g/mol. The zero-order valence-corrected chi connectivity index (χ0v) is 14.6. The third-order valence-electron chi connectivity index (χ3n) is 4.31. The highest BCUT2D eigenvalue weighted by atomic mass is 35.5. The molecule has 5 nitrogen and oxygen atoms in total. The maximum Gasteiger partial charge on any atom is 0.227 e. The first kappa shape index (κ1) is 18.3. The van der Waals surface area contributed by atoms with Crippen LogP contribution in [-0.2, 0) is 9.59 Å². The molecule has 2 rings (SSSR count). The molecule has 24 heavy (non-hydrogen) atoms. The van der Waals surface area contributed by atoms with Gasteiger partial charge in [-0.2, -0.15) is 0 Å². The standard InChI is InChI=1S/C18H23ClN2O3/c1-3-10-20-17(22)12-4-6-13(7-5-12)18(23)21-14-8-9-16(24-2)15(19)11-14/h3,8-9,11-13H,1,4-7,10H2,2H3,(H,20,22)(H,21,23). The molecule has 1 aromatic rings. The van der Waals surface area contributed by atoms with E-state index in [4.69, 9.17) is 16.3 Å². The second-order valence-corrected chi connectivity index (χ2v) is 6.33. The van der Waals surface area contributed by atoms with E-state index in [0.29, 0.717) is 35.8 Å². The maximum atomic E-state index is 12.4. The van der Waals surface area contributed by atoms with Crippen molar-refractivity contribution < 1.29 is 14.3 Å². The molecule has 0 saturated heterocycles. The summed E-state index contributed by atoms with van der Waals surface area (Å²) < 4.78 is 5.09. The van der Waals surface area contributed by atoms with Crippen LogP contribution in [0.25, 0.3) is 0 Å². The Bertz CT molecular complexity index is 610. The summed E-state index contributed by atoms with van der Waals surface area (Å²) in [7, 11) is 1.54. The minimum Gasteiger partial charge on any atom is -0.495 e. The predicted octanol–water partition coefficient (Wildman–Crippen LogP) is 3.40. The molecule has 0 atom stereocenters. The fourth-order valence-corrected chi connectivity index (χ4v) is 3.18. The van der Waals surface area contributed by atoms with E-state index in [2.05, 4.69) is 17.2 Å². The lowest BCUT2D eigenvalue weighted by Crippen LogP contribution is -2.35. The molecule has 0 heterocycles. The smallest absolute Gasteiger partial charge is 0.227 e. The van der Waals surface area contributed by atoms with Crippen LogP contribution >= 0.6 is 11.6 Å². The van der Waals surface area contributed by atoms with Gasteiger partial charge in [-0.15, -0.1) is 6.58 Å². The summed E-state index contributed by atoms with van der Waals surface area (Å²) in [5.74, 6) is 0.511. The molecule has 6 heteroatoms. The first-order valence-corrected chi connectivity index (χ1v) is 8.46. The van der Waals surface area contributed by atoms with Crippen LogP contribution in [0, 0.1) is 11.8 Å². The number of rotatable bonds is 6. The van der Waals surface area contributed by atoms with Gasteiger partial charge in [-0.3, -0.25) is 9.59 Å². The van der Waals surface area contributed by atoms with E-state index in [1.165, 1.54) is 0 Å². The molecule has 0 radical (unpaired) electrons. The number of benzene rings is 1. The van der Waals surface area contributed by atoms with Crippen molar-refractivity contribution in [1.82, 2.24) is 5.32 Å². The first-order valence-electron chi connectivity index (χ1n) is 8.08. The van der Waals surface area contributed by atoms with Gasteiger partial charge in [0, 0.05) is 24.1 Å². The second kappa shape index (κ2) is 8.73. The Morgan fingerprint density at radius 2 is 1.88 bits per heavy atom. The highest BCUT2D eigenvalue weighted by Gasteiger charge is 2.29. The van der Waals surface area contributed by atoms with Crippen molar-refractivity contribution in [3.8, 4) is 5.75 Å². The van der Waals surface area contributed by atoms with E-state index in [1.807, 2.05) is 0 Å². The van der Waals surface area contributed by atoms with E-state index in [9.17, 15) is 9.59 Å². The van der Waals surface area contributed by atoms with Crippen LogP contribution in [0.15, 0.2) is 30.9 Å². The molecule has 1 fully saturated rings. The fraction of sp³-hybridized carbons (Fsp3) is 0.444. The molecule has 1 aliphatic carbocycles. The van der Waals surface area contributed by atoms with Crippen LogP contribution in [0.3, 0.4) is 0 Å². The van der Waals surface area contributed by atoms with Gasteiger partial charge in [0.15, 0.2) is 0 Å². The number of halogens is 1. The molecule has 2 N–H and O–H groups in total. The average Bonchev–Trinajstić information content (AvgIpc) is 2.60. The number of ether oxygens (including phenoxy) is 1. The van der Waals surface area contributed by atoms with Gasteiger partial charge in [0.2, 0.25) is 11.8 Å². The second-order valence-electron chi connectivity index (χ2n) is 5.92. The Balaban J connectivity index is 1.85. The van der Waals surface area contributed by atoms with Crippen LogP contribution < -0.4 is 15.4 Å². The van der Waals surface area contributed by atoms with Gasteiger partial charge < -0.3 is 15.4 Å². The minimum atomic E-state index is -0.0747. The monoisotopic (exact) mass is 350 g/mol. The van der Waals surface area contributed by atoms with Gasteiger partial charge in [0.1, 0.15) is 5.75 Å². The van der Waals surface area contributed by atoms with Gasteiger partial charge in [-0.1, -0.05) is 17.7 Å². The number of anilines is 1. The number of amides is 2. The van der Waals surface area contributed by atoms with Crippen molar-refractivity contribution in [2.45, 2.75) is 25.7 Å². The van der Waals surface area contributed by atoms with Gasteiger partial charge in [0.05, 0.1) is 12.1 Å². The van der Waals surface area contributed by atoms with Crippen molar-refractivity contribution in [2.75, 3.05) is 19.0 Å². The zero-order valence-electron chi connectivity index (χ0n) is 13.8. The summed E-state index contributed by atoms with van der Waals surface area (Å²) in [5.41, 5.74) is 0.650. The lowest BCUT2D eigenvalue weighted by molar-refractivity contribution is -0.128. The van der Waals surface area contributed by atoms with Gasteiger partial charge in [-0.25, -0.2) is 0 Å². The molecule has 0 aliphatic heterocycles. The lowest BCUT2D eigenvalue weighted by atomic mass is 9.81. The number of nitrogens with one attached hydrogen (secondary N) is 2.